The minimum atomic E-state index is -0.323. The number of benzene rings is 1. The number of hydrogen-bond donors (Lipinski definition) is 0. The van der Waals surface area contributed by atoms with Crippen molar-refractivity contribution in [3.05, 3.63) is 64.1 Å². The van der Waals surface area contributed by atoms with Crippen molar-refractivity contribution in [2.75, 3.05) is 0 Å². The molecule has 1 aromatic carbocycles. The summed E-state index contributed by atoms with van der Waals surface area (Å²) in [6.45, 7) is 0. The van der Waals surface area contributed by atoms with Gasteiger partial charge in [0.25, 0.3) is 0 Å². The maximum Gasteiger partial charge on any atom is 0.143 e. The molecule has 92 valence electrons. The number of Topliss-reactive ketones (excluding diaryl/α,β-unsaturated/α-hetero) is 1. The summed E-state index contributed by atoms with van der Waals surface area (Å²) in [5.74, 6) is -0.261. The van der Waals surface area contributed by atoms with E-state index in [4.69, 9.17) is 0 Å². The average molecular weight is 308 g/mol. The largest absolute Gasteiger partial charge is 0.299 e. The van der Waals surface area contributed by atoms with E-state index in [0.717, 1.165) is 11.3 Å². The number of nitrogens with zero attached hydrogens (tertiary/aromatic N) is 1. The average Bonchev–Trinajstić information content (AvgIpc) is 2.35. The van der Waals surface area contributed by atoms with Gasteiger partial charge in [-0.3, -0.25) is 9.78 Å². The van der Waals surface area contributed by atoms with Crippen molar-refractivity contribution in [1.29, 1.82) is 0 Å². The standard InChI is InChI=1S/C14H11BrFNO/c15-13-8-10(4-5-14(13)16)7-12(18)9-11-3-1-2-6-17-11/h1-6,8H,7,9H2. The van der Waals surface area contributed by atoms with Gasteiger partial charge in [0.15, 0.2) is 0 Å². The molecule has 0 aliphatic rings. The van der Waals surface area contributed by atoms with E-state index in [0.29, 0.717) is 10.9 Å². The van der Waals surface area contributed by atoms with Crippen molar-refractivity contribution < 1.29 is 9.18 Å². The first-order chi connectivity index (χ1) is 8.65. The third kappa shape index (κ3) is 3.47. The van der Waals surface area contributed by atoms with Gasteiger partial charge < -0.3 is 0 Å². The zero-order valence-electron chi connectivity index (χ0n) is 9.57. The first kappa shape index (κ1) is 12.9. The van der Waals surface area contributed by atoms with Gasteiger partial charge in [0.2, 0.25) is 0 Å². The molecule has 0 N–H and O–H groups in total. The SMILES string of the molecule is O=C(Cc1ccc(F)c(Br)c1)Cc1ccccn1. The zero-order chi connectivity index (χ0) is 13.0. The van der Waals surface area contributed by atoms with Crippen LogP contribution in [0.3, 0.4) is 0 Å². The fraction of sp³-hybridized carbons (Fsp3) is 0.143. The van der Waals surface area contributed by atoms with E-state index in [2.05, 4.69) is 20.9 Å². The lowest BCUT2D eigenvalue weighted by atomic mass is 10.1. The van der Waals surface area contributed by atoms with Crippen molar-refractivity contribution in [3.8, 4) is 0 Å². The first-order valence-electron chi connectivity index (χ1n) is 5.50. The van der Waals surface area contributed by atoms with E-state index >= 15 is 0 Å². The van der Waals surface area contributed by atoms with Crippen molar-refractivity contribution in [3.63, 3.8) is 0 Å². The van der Waals surface area contributed by atoms with Crippen molar-refractivity contribution in [1.82, 2.24) is 4.98 Å². The predicted molar refractivity (Wildman–Crippen MR) is 70.8 cm³/mol. The van der Waals surface area contributed by atoms with Crippen LogP contribution in [-0.2, 0) is 17.6 Å². The second kappa shape index (κ2) is 5.87. The molecule has 0 fully saturated rings. The van der Waals surface area contributed by atoms with E-state index in [-0.39, 0.29) is 18.0 Å². The zero-order valence-corrected chi connectivity index (χ0v) is 11.2. The lowest BCUT2D eigenvalue weighted by Crippen LogP contribution is -2.07. The van der Waals surface area contributed by atoms with E-state index in [1.165, 1.54) is 6.07 Å². The number of halogens is 2. The van der Waals surface area contributed by atoms with Gasteiger partial charge in [-0.25, -0.2) is 4.39 Å². The van der Waals surface area contributed by atoms with Gasteiger partial charge in [-0.15, -0.1) is 0 Å². The second-order valence-electron chi connectivity index (χ2n) is 3.96. The smallest absolute Gasteiger partial charge is 0.143 e. The summed E-state index contributed by atoms with van der Waals surface area (Å²) in [6.07, 6.45) is 2.25. The molecule has 1 aromatic heterocycles. The Kier molecular flexibility index (Phi) is 4.20. The van der Waals surface area contributed by atoms with Gasteiger partial charge in [0.1, 0.15) is 11.6 Å². The Hall–Kier alpha value is -1.55. The molecule has 0 aliphatic carbocycles. The molecule has 0 saturated carbocycles. The van der Waals surface area contributed by atoms with Crippen LogP contribution in [-0.4, -0.2) is 10.8 Å². The Labute approximate surface area is 113 Å². The number of carbonyl (C=O) groups excluding carboxylic acids is 1. The van der Waals surface area contributed by atoms with Crippen molar-refractivity contribution in [2.24, 2.45) is 0 Å². The number of rotatable bonds is 4. The molecule has 0 amide bonds. The highest BCUT2D eigenvalue weighted by atomic mass is 79.9. The number of hydrogen-bond acceptors (Lipinski definition) is 2. The van der Waals surface area contributed by atoms with Crippen LogP contribution >= 0.6 is 15.9 Å². The normalized spacial score (nSPS) is 10.3. The molecule has 2 rings (SSSR count). The summed E-state index contributed by atoms with van der Waals surface area (Å²) in [7, 11) is 0. The third-order valence-electron chi connectivity index (χ3n) is 2.49. The summed E-state index contributed by atoms with van der Waals surface area (Å²) < 4.78 is 13.4. The van der Waals surface area contributed by atoms with Gasteiger partial charge in [0, 0.05) is 24.7 Å². The maximum atomic E-state index is 13.0. The Morgan fingerprint density at radius 1 is 1.22 bits per heavy atom. The quantitative estimate of drug-likeness (QED) is 0.867. The molecule has 0 spiro atoms. The third-order valence-corrected chi connectivity index (χ3v) is 3.10. The van der Waals surface area contributed by atoms with E-state index in [1.807, 2.05) is 18.2 Å². The Balaban J connectivity index is 2.01. The topological polar surface area (TPSA) is 30.0 Å². The highest BCUT2D eigenvalue weighted by molar-refractivity contribution is 9.10. The van der Waals surface area contributed by atoms with Gasteiger partial charge >= 0.3 is 0 Å². The number of aromatic nitrogens is 1. The summed E-state index contributed by atoms with van der Waals surface area (Å²) in [5.41, 5.74) is 1.55. The lowest BCUT2D eigenvalue weighted by Gasteiger charge is -2.02. The molecule has 2 aromatic rings. The predicted octanol–water partition coefficient (Wildman–Crippen LogP) is 3.34. The van der Waals surface area contributed by atoms with Crippen LogP contribution in [0.1, 0.15) is 11.3 Å². The van der Waals surface area contributed by atoms with Gasteiger partial charge in [0.05, 0.1) is 4.47 Å². The van der Waals surface area contributed by atoms with E-state index < -0.39 is 0 Å². The second-order valence-corrected chi connectivity index (χ2v) is 4.82. The number of ketones is 1. The Morgan fingerprint density at radius 2 is 2.06 bits per heavy atom. The molecule has 0 saturated heterocycles. The fourth-order valence-corrected chi connectivity index (χ4v) is 2.07. The Bertz CT molecular complexity index is 557. The molecule has 0 radical (unpaired) electrons. The monoisotopic (exact) mass is 307 g/mol. The molecule has 4 heteroatoms. The van der Waals surface area contributed by atoms with Crippen molar-refractivity contribution >= 4 is 21.7 Å². The van der Waals surface area contributed by atoms with Crippen LogP contribution in [0.15, 0.2) is 47.1 Å². The first-order valence-corrected chi connectivity index (χ1v) is 6.30. The fourth-order valence-electron chi connectivity index (χ4n) is 1.64. The van der Waals surface area contributed by atoms with E-state index in [9.17, 15) is 9.18 Å². The van der Waals surface area contributed by atoms with Crippen molar-refractivity contribution in [2.45, 2.75) is 12.8 Å². The molecule has 18 heavy (non-hydrogen) atoms. The molecule has 1 heterocycles. The number of carbonyl (C=O) groups is 1. The van der Waals surface area contributed by atoms with Crippen LogP contribution in [0.25, 0.3) is 0 Å². The summed E-state index contributed by atoms with van der Waals surface area (Å²) in [6, 6.07) is 10.1. The van der Waals surface area contributed by atoms with Crippen LogP contribution in [0, 0.1) is 5.82 Å². The molecule has 0 unspecified atom stereocenters. The molecular weight excluding hydrogens is 297 g/mol. The maximum absolute atomic E-state index is 13.0. The highest BCUT2D eigenvalue weighted by Crippen LogP contribution is 2.17. The minimum absolute atomic E-state index is 0.0622. The van der Waals surface area contributed by atoms with Crippen LogP contribution in [0.2, 0.25) is 0 Å². The number of pyridine rings is 1. The molecule has 2 nitrogen and oxygen atoms in total. The summed E-state index contributed by atoms with van der Waals surface area (Å²) in [4.78, 5) is 15.9. The molecule has 0 atom stereocenters. The van der Waals surface area contributed by atoms with Crippen LogP contribution in [0.5, 0.6) is 0 Å². The summed E-state index contributed by atoms with van der Waals surface area (Å²) in [5, 5.41) is 0. The van der Waals surface area contributed by atoms with E-state index in [1.54, 1.807) is 18.3 Å². The van der Waals surface area contributed by atoms with Crippen LogP contribution in [0.4, 0.5) is 4.39 Å². The molecule has 0 bridgehead atoms. The Morgan fingerprint density at radius 3 is 2.72 bits per heavy atom. The molecular formula is C14H11BrFNO. The van der Waals surface area contributed by atoms with Crippen LogP contribution < -0.4 is 0 Å². The highest BCUT2D eigenvalue weighted by Gasteiger charge is 2.07. The molecule has 0 aliphatic heterocycles. The minimum Gasteiger partial charge on any atom is -0.299 e. The lowest BCUT2D eigenvalue weighted by molar-refractivity contribution is -0.117. The van der Waals surface area contributed by atoms with Gasteiger partial charge in [-0.2, -0.15) is 0 Å². The summed E-state index contributed by atoms with van der Waals surface area (Å²) >= 11 is 3.10. The van der Waals surface area contributed by atoms with Gasteiger partial charge in [-0.05, 0) is 45.8 Å². The van der Waals surface area contributed by atoms with Gasteiger partial charge in [-0.1, -0.05) is 12.1 Å².